The molecule has 33 heavy (non-hydrogen) atoms. The van der Waals surface area contributed by atoms with E-state index in [0.717, 1.165) is 22.9 Å². The van der Waals surface area contributed by atoms with Crippen molar-refractivity contribution in [2.24, 2.45) is 0 Å². The number of nitrogens with zero attached hydrogens (tertiary/aromatic N) is 2. The molecule has 8 heteroatoms. The number of benzene rings is 2. The first-order valence-electron chi connectivity index (χ1n) is 11.1. The van der Waals surface area contributed by atoms with Gasteiger partial charge in [-0.05, 0) is 61.7 Å². The van der Waals surface area contributed by atoms with Crippen LogP contribution in [0.25, 0.3) is 0 Å². The van der Waals surface area contributed by atoms with Gasteiger partial charge < -0.3 is 24.1 Å². The molecule has 1 aliphatic heterocycles. The van der Waals surface area contributed by atoms with Crippen LogP contribution in [0.15, 0.2) is 54.9 Å². The first kappa shape index (κ1) is 22.6. The molecule has 1 unspecified atom stereocenters. The first-order valence-corrected chi connectivity index (χ1v) is 11.1. The normalized spacial score (nSPS) is 13.4. The third kappa shape index (κ3) is 6.47. The molecule has 1 aromatic heterocycles. The number of halogens is 1. The van der Waals surface area contributed by atoms with Crippen LogP contribution in [0.3, 0.4) is 0 Å². The summed E-state index contributed by atoms with van der Waals surface area (Å²) >= 11 is 0. The molecule has 0 saturated heterocycles. The molecule has 1 N–H and O–H groups in total. The van der Waals surface area contributed by atoms with Crippen LogP contribution in [0, 0.1) is 12.7 Å². The summed E-state index contributed by atoms with van der Waals surface area (Å²) in [5.74, 6) is 2.61. The molecule has 2 aromatic carbocycles. The van der Waals surface area contributed by atoms with E-state index in [0.29, 0.717) is 51.4 Å². The zero-order valence-corrected chi connectivity index (χ0v) is 18.6. The van der Waals surface area contributed by atoms with E-state index in [-0.39, 0.29) is 17.8 Å². The minimum Gasteiger partial charge on any atom is -0.494 e. The maximum Gasteiger partial charge on any atom is 0.220 e. The molecule has 0 bridgehead atoms. The van der Waals surface area contributed by atoms with Crippen molar-refractivity contribution >= 4 is 5.91 Å². The molecule has 3 aromatic rings. The van der Waals surface area contributed by atoms with Gasteiger partial charge in [-0.1, -0.05) is 6.07 Å². The van der Waals surface area contributed by atoms with E-state index < -0.39 is 0 Å². The molecule has 174 valence electrons. The smallest absolute Gasteiger partial charge is 0.220 e. The zero-order chi connectivity index (χ0) is 23.0. The van der Waals surface area contributed by atoms with Crippen LogP contribution in [0.2, 0.25) is 0 Å². The second-order valence-corrected chi connectivity index (χ2v) is 7.98. The van der Waals surface area contributed by atoms with E-state index in [1.54, 1.807) is 18.3 Å². The summed E-state index contributed by atoms with van der Waals surface area (Å²) in [5, 5.41) is 3.15. The number of carbonyl (C=O) groups excluding carboxylic acids is 1. The van der Waals surface area contributed by atoms with Crippen LogP contribution >= 0.6 is 0 Å². The summed E-state index contributed by atoms with van der Waals surface area (Å²) in [4.78, 5) is 16.9. The molecule has 7 nitrogen and oxygen atoms in total. The number of ether oxygens (including phenoxy) is 3. The van der Waals surface area contributed by atoms with Gasteiger partial charge in [0.15, 0.2) is 11.5 Å². The first-order chi connectivity index (χ1) is 16.1. The maximum absolute atomic E-state index is 13.0. The predicted molar refractivity (Wildman–Crippen MR) is 121 cm³/mol. The van der Waals surface area contributed by atoms with Gasteiger partial charge in [0, 0.05) is 25.4 Å². The van der Waals surface area contributed by atoms with Gasteiger partial charge in [-0.3, -0.25) is 4.79 Å². The van der Waals surface area contributed by atoms with Crippen molar-refractivity contribution in [3.63, 3.8) is 0 Å². The van der Waals surface area contributed by atoms with Crippen LogP contribution in [0.4, 0.5) is 4.39 Å². The van der Waals surface area contributed by atoms with Crippen molar-refractivity contribution in [2.75, 3.05) is 19.8 Å². The summed E-state index contributed by atoms with van der Waals surface area (Å²) in [6, 6.07) is 11.6. The minimum atomic E-state index is -0.307. The number of imidazole rings is 1. The minimum absolute atomic E-state index is 0.0435. The number of hydrogen-bond donors (Lipinski definition) is 1. The van der Waals surface area contributed by atoms with Crippen LogP contribution in [-0.2, 0) is 17.8 Å². The van der Waals surface area contributed by atoms with E-state index in [1.165, 1.54) is 12.1 Å². The molecule has 1 atom stereocenters. The molecule has 0 radical (unpaired) electrons. The van der Waals surface area contributed by atoms with Crippen LogP contribution in [0.1, 0.15) is 24.2 Å². The van der Waals surface area contributed by atoms with Crippen molar-refractivity contribution in [1.82, 2.24) is 14.9 Å². The fraction of sp³-hybridized carbons (Fsp3) is 0.360. The Morgan fingerprint density at radius 3 is 2.73 bits per heavy atom. The second kappa shape index (κ2) is 10.8. The Bertz CT molecular complexity index is 1070. The summed E-state index contributed by atoms with van der Waals surface area (Å²) in [6.07, 6.45) is 5.21. The zero-order valence-electron chi connectivity index (χ0n) is 18.6. The number of carbonyl (C=O) groups is 1. The lowest BCUT2D eigenvalue weighted by molar-refractivity contribution is -0.122. The lowest BCUT2D eigenvalue weighted by atomic mass is 10.0. The van der Waals surface area contributed by atoms with Gasteiger partial charge in [-0.15, -0.1) is 0 Å². The summed E-state index contributed by atoms with van der Waals surface area (Å²) in [6.45, 7) is 4.01. The highest BCUT2D eigenvalue weighted by Gasteiger charge is 2.18. The Morgan fingerprint density at radius 1 is 1.18 bits per heavy atom. The third-order valence-corrected chi connectivity index (χ3v) is 5.43. The second-order valence-electron chi connectivity index (χ2n) is 7.98. The number of rotatable bonds is 10. The number of fused-ring (bicyclic) bond motifs is 1. The Labute approximate surface area is 192 Å². The fourth-order valence-electron chi connectivity index (χ4n) is 3.75. The number of aromatic nitrogens is 2. The average Bonchev–Trinajstić information content (AvgIpc) is 3.22. The number of aryl methyl sites for hydroxylation is 1. The van der Waals surface area contributed by atoms with Gasteiger partial charge >= 0.3 is 0 Å². The van der Waals surface area contributed by atoms with Crippen LogP contribution in [-0.4, -0.2) is 41.3 Å². The van der Waals surface area contributed by atoms with Gasteiger partial charge in [0.2, 0.25) is 5.91 Å². The topological polar surface area (TPSA) is 74.6 Å². The van der Waals surface area contributed by atoms with E-state index in [2.05, 4.69) is 10.3 Å². The van der Waals surface area contributed by atoms with Gasteiger partial charge in [0.25, 0.3) is 0 Å². The number of nitrogens with one attached hydrogen (secondary N) is 1. The van der Waals surface area contributed by atoms with E-state index in [1.807, 2.05) is 35.9 Å². The molecule has 2 heterocycles. The Balaban J connectivity index is 1.33. The predicted octanol–water partition coefficient (Wildman–Crippen LogP) is 3.69. The Morgan fingerprint density at radius 2 is 1.97 bits per heavy atom. The summed E-state index contributed by atoms with van der Waals surface area (Å²) in [5.41, 5.74) is 1.06. The van der Waals surface area contributed by atoms with Crippen molar-refractivity contribution in [3.8, 4) is 17.2 Å². The lowest BCUT2D eigenvalue weighted by Gasteiger charge is -2.22. The highest BCUT2D eigenvalue weighted by atomic mass is 19.1. The molecular formula is C25H28FN3O4. The van der Waals surface area contributed by atoms with Crippen molar-refractivity contribution in [3.05, 3.63) is 72.1 Å². The van der Waals surface area contributed by atoms with Gasteiger partial charge in [-0.2, -0.15) is 0 Å². The van der Waals surface area contributed by atoms with E-state index >= 15 is 0 Å². The summed E-state index contributed by atoms with van der Waals surface area (Å²) in [7, 11) is 0. The number of hydrogen-bond acceptors (Lipinski definition) is 5. The molecule has 1 aliphatic rings. The monoisotopic (exact) mass is 453 g/mol. The maximum atomic E-state index is 13.0. The van der Waals surface area contributed by atoms with Crippen LogP contribution in [0.5, 0.6) is 17.2 Å². The van der Waals surface area contributed by atoms with Crippen molar-refractivity contribution < 1.29 is 23.4 Å². The van der Waals surface area contributed by atoms with Gasteiger partial charge in [0.1, 0.15) is 30.6 Å². The largest absolute Gasteiger partial charge is 0.494 e. The highest BCUT2D eigenvalue weighted by molar-refractivity contribution is 5.76. The Kier molecular flexibility index (Phi) is 7.44. The third-order valence-electron chi connectivity index (χ3n) is 5.43. The quantitative estimate of drug-likeness (QED) is 0.474. The molecule has 1 amide bonds. The van der Waals surface area contributed by atoms with Crippen molar-refractivity contribution in [1.29, 1.82) is 0 Å². The molecule has 0 fully saturated rings. The molecule has 0 spiro atoms. The van der Waals surface area contributed by atoms with Gasteiger partial charge in [-0.25, -0.2) is 9.37 Å². The molecule has 0 aliphatic carbocycles. The average molecular weight is 454 g/mol. The van der Waals surface area contributed by atoms with E-state index in [9.17, 15) is 9.18 Å². The molecule has 0 saturated carbocycles. The van der Waals surface area contributed by atoms with Crippen LogP contribution < -0.4 is 19.5 Å². The molecule has 4 rings (SSSR count). The lowest BCUT2D eigenvalue weighted by Crippen LogP contribution is -2.39. The fourth-order valence-corrected chi connectivity index (χ4v) is 3.75. The van der Waals surface area contributed by atoms with E-state index in [4.69, 9.17) is 14.2 Å². The highest BCUT2D eigenvalue weighted by Crippen LogP contribution is 2.31. The Hall–Kier alpha value is -3.55. The standard InChI is InChI=1S/C25H28FN3O4/c1-18-27-10-11-29(18)17-21(15-19-4-9-23-24(16-19)33-14-13-32-23)28-25(30)3-2-12-31-22-7-5-20(26)6-8-22/h4-11,16,21H,2-3,12-15,17H2,1H3,(H,28,30). The molecular weight excluding hydrogens is 425 g/mol. The number of amides is 1. The summed E-state index contributed by atoms with van der Waals surface area (Å²) < 4.78 is 31.9. The van der Waals surface area contributed by atoms with Gasteiger partial charge in [0.05, 0.1) is 12.6 Å². The SMILES string of the molecule is Cc1nccn1CC(Cc1ccc2c(c1)OCCO2)NC(=O)CCCOc1ccc(F)cc1. The van der Waals surface area contributed by atoms with Crippen molar-refractivity contribution in [2.45, 2.75) is 38.8 Å².